The molecule has 0 bridgehead atoms. The summed E-state index contributed by atoms with van der Waals surface area (Å²) < 4.78 is 0. The van der Waals surface area contributed by atoms with E-state index in [2.05, 4.69) is 30.1 Å². The number of nitrogens with one attached hydrogen (secondary N) is 2. The molecule has 1 rings (SSSR count). The lowest BCUT2D eigenvalue weighted by Gasteiger charge is -2.01. The number of allylic oxidation sites excluding steroid dienone is 3. The fourth-order valence-corrected chi connectivity index (χ4v) is 0.836. The molecule has 0 saturated heterocycles. The van der Waals surface area contributed by atoms with Gasteiger partial charge in [-0.15, -0.1) is 0 Å². The van der Waals surface area contributed by atoms with Crippen LogP contribution in [0, 0.1) is 0 Å². The lowest BCUT2D eigenvalue weighted by molar-refractivity contribution is 0.707. The van der Waals surface area contributed by atoms with Gasteiger partial charge in [-0.2, -0.15) is 0 Å². The highest BCUT2D eigenvalue weighted by Gasteiger charge is 2.02. The highest BCUT2D eigenvalue weighted by atomic mass is 15.4. The summed E-state index contributed by atoms with van der Waals surface area (Å²) in [5, 5.41) is 0. The van der Waals surface area contributed by atoms with Gasteiger partial charge in [0.05, 0.1) is 5.70 Å². The molecule has 0 aliphatic carbocycles. The van der Waals surface area contributed by atoms with Gasteiger partial charge < -0.3 is 5.43 Å². The Kier molecular flexibility index (Phi) is 2.69. The van der Waals surface area contributed by atoms with Gasteiger partial charge in [0.15, 0.2) is 0 Å². The molecule has 0 aromatic heterocycles. The maximum atomic E-state index is 3.87. The van der Waals surface area contributed by atoms with Crippen molar-refractivity contribution in [1.82, 2.24) is 10.9 Å². The minimum Gasteiger partial charge on any atom is -0.321 e. The Hall–Kier alpha value is -1.28. The molecule has 2 nitrogen and oxygen atoms in total. The monoisotopic (exact) mass is 148 g/mol. The smallest absolute Gasteiger partial charge is 0.0527 e. The summed E-state index contributed by atoms with van der Waals surface area (Å²) in [6.45, 7) is 8.30. The third-order valence-electron chi connectivity index (χ3n) is 1.41. The van der Waals surface area contributed by atoms with E-state index in [-0.39, 0.29) is 0 Å². The molecule has 11 heavy (non-hydrogen) atoms. The molecule has 0 radical (unpaired) electrons. The summed E-state index contributed by atoms with van der Waals surface area (Å²) in [6, 6.07) is 0. The van der Waals surface area contributed by atoms with Crippen LogP contribution in [0.4, 0.5) is 0 Å². The predicted molar refractivity (Wildman–Crippen MR) is 47.7 cm³/mol. The highest BCUT2D eigenvalue weighted by molar-refractivity contribution is 5.38. The van der Waals surface area contributed by atoms with Crippen LogP contribution in [0.25, 0.3) is 0 Å². The first kappa shape index (κ1) is 7.82. The van der Waals surface area contributed by atoms with Gasteiger partial charge in [-0.25, -0.2) is 5.43 Å². The summed E-state index contributed by atoms with van der Waals surface area (Å²) in [5.74, 6) is 0. The van der Waals surface area contributed by atoms with Gasteiger partial charge in [0.1, 0.15) is 0 Å². The van der Waals surface area contributed by atoms with Crippen LogP contribution in [-0.2, 0) is 0 Å². The molecule has 1 aliphatic heterocycles. The van der Waals surface area contributed by atoms with Crippen molar-refractivity contribution in [3.8, 4) is 0 Å². The highest BCUT2D eigenvalue weighted by Crippen LogP contribution is 2.06. The molecule has 0 amide bonds. The molecular formula is C9H12N2. The zero-order chi connectivity index (χ0) is 8.10. The van der Waals surface area contributed by atoms with Crippen molar-refractivity contribution >= 4 is 0 Å². The van der Waals surface area contributed by atoms with Crippen LogP contribution in [0.15, 0.2) is 48.7 Å². The van der Waals surface area contributed by atoms with Crippen molar-refractivity contribution in [3.05, 3.63) is 48.7 Å². The quantitative estimate of drug-likeness (QED) is 0.589. The number of hydrogen-bond donors (Lipinski definition) is 2. The molecule has 1 aliphatic rings. The first-order valence-corrected chi connectivity index (χ1v) is 3.52. The van der Waals surface area contributed by atoms with Gasteiger partial charge >= 0.3 is 0 Å². The molecule has 0 spiro atoms. The van der Waals surface area contributed by atoms with E-state index in [0.29, 0.717) is 0 Å². The maximum Gasteiger partial charge on any atom is 0.0527 e. The zero-order valence-electron chi connectivity index (χ0n) is 6.43. The molecule has 0 saturated carbocycles. The Morgan fingerprint density at radius 3 is 3.00 bits per heavy atom. The van der Waals surface area contributed by atoms with E-state index in [4.69, 9.17) is 0 Å². The minimum atomic E-state index is 0.857. The molecule has 0 aromatic rings. The summed E-state index contributed by atoms with van der Waals surface area (Å²) >= 11 is 0. The van der Waals surface area contributed by atoms with Crippen LogP contribution < -0.4 is 10.9 Å². The molecule has 0 fully saturated rings. The second-order valence-corrected chi connectivity index (χ2v) is 2.24. The number of rotatable bonds is 3. The van der Waals surface area contributed by atoms with Gasteiger partial charge in [0.2, 0.25) is 0 Å². The molecule has 58 valence electrons. The third-order valence-corrected chi connectivity index (χ3v) is 1.41. The van der Waals surface area contributed by atoms with Crippen molar-refractivity contribution in [2.75, 3.05) is 6.54 Å². The SMILES string of the molecule is C=C/C=C\C(=C)C1=CCNN1. The second-order valence-electron chi connectivity index (χ2n) is 2.24. The Labute approximate surface area is 67.0 Å². The van der Waals surface area contributed by atoms with Crippen LogP contribution in [0.2, 0.25) is 0 Å². The van der Waals surface area contributed by atoms with Gasteiger partial charge in [0.25, 0.3) is 0 Å². The van der Waals surface area contributed by atoms with E-state index < -0.39 is 0 Å². The average Bonchev–Trinajstić information content (AvgIpc) is 2.52. The summed E-state index contributed by atoms with van der Waals surface area (Å²) in [5.41, 5.74) is 7.97. The first-order chi connectivity index (χ1) is 5.34. The average molecular weight is 148 g/mol. The lowest BCUT2D eigenvalue weighted by Crippen LogP contribution is -2.23. The van der Waals surface area contributed by atoms with E-state index in [9.17, 15) is 0 Å². The van der Waals surface area contributed by atoms with E-state index in [1.165, 1.54) is 0 Å². The van der Waals surface area contributed by atoms with Gasteiger partial charge in [-0.3, -0.25) is 0 Å². The second kappa shape index (κ2) is 3.78. The van der Waals surface area contributed by atoms with Crippen molar-refractivity contribution in [2.24, 2.45) is 0 Å². The van der Waals surface area contributed by atoms with Crippen molar-refractivity contribution in [3.63, 3.8) is 0 Å². The third kappa shape index (κ3) is 2.09. The van der Waals surface area contributed by atoms with Crippen LogP contribution >= 0.6 is 0 Å². The largest absolute Gasteiger partial charge is 0.321 e. The lowest BCUT2D eigenvalue weighted by atomic mass is 10.2. The standard InChI is InChI=1S/C9H12N2/c1-3-4-5-8(2)9-6-7-10-11-9/h3-6,10-11H,1-2,7H2/b5-4-. The zero-order valence-corrected chi connectivity index (χ0v) is 6.43. The molecule has 2 heteroatoms. The number of hydrogen-bond acceptors (Lipinski definition) is 2. The van der Waals surface area contributed by atoms with E-state index in [1.807, 2.05) is 12.2 Å². The van der Waals surface area contributed by atoms with E-state index in [1.54, 1.807) is 6.08 Å². The van der Waals surface area contributed by atoms with Crippen LogP contribution in [0.5, 0.6) is 0 Å². The minimum absolute atomic E-state index is 0.857. The van der Waals surface area contributed by atoms with Crippen LogP contribution in [0.1, 0.15) is 0 Å². The van der Waals surface area contributed by atoms with Gasteiger partial charge in [-0.05, 0) is 11.6 Å². The Bertz CT molecular complexity index is 224. The Balaban J connectivity index is 2.53. The van der Waals surface area contributed by atoms with Gasteiger partial charge in [0, 0.05) is 6.54 Å². The van der Waals surface area contributed by atoms with Crippen LogP contribution in [0.3, 0.4) is 0 Å². The maximum absolute atomic E-state index is 3.87. The normalized spacial score (nSPS) is 16.2. The molecule has 1 heterocycles. The summed E-state index contributed by atoms with van der Waals surface area (Å²) in [7, 11) is 0. The molecule has 0 unspecified atom stereocenters. The van der Waals surface area contributed by atoms with E-state index >= 15 is 0 Å². The van der Waals surface area contributed by atoms with Gasteiger partial charge in [-0.1, -0.05) is 31.4 Å². The van der Waals surface area contributed by atoms with Crippen molar-refractivity contribution in [1.29, 1.82) is 0 Å². The van der Waals surface area contributed by atoms with Crippen molar-refractivity contribution in [2.45, 2.75) is 0 Å². The molecule has 0 atom stereocenters. The fraction of sp³-hybridized carbons (Fsp3) is 0.111. The fourth-order valence-electron chi connectivity index (χ4n) is 0.836. The summed E-state index contributed by atoms with van der Waals surface area (Å²) in [6.07, 6.45) is 7.56. The van der Waals surface area contributed by atoms with Crippen molar-refractivity contribution < 1.29 is 0 Å². The molecule has 0 aromatic carbocycles. The molecular weight excluding hydrogens is 136 g/mol. The Morgan fingerprint density at radius 1 is 1.64 bits per heavy atom. The first-order valence-electron chi connectivity index (χ1n) is 3.52. The van der Waals surface area contributed by atoms with Crippen LogP contribution in [-0.4, -0.2) is 6.54 Å². The topological polar surface area (TPSA) is 24.1 Å². The number of hydrazine groups is 1. The Morgan fingerprint density at radius 2 is 2.45 bits per heavy atom. The van der Waals surface area contributed by atoms with E-state index in [0.717, 1.165) is 17.8 Å². The summed E-state index contributed by atoms with van der Waals surface area (Å²) in [4.78, 5) is 0. The predicted octanol–water partition coefficient (Wildman–Crippen LogP) is 1.28. The molecule has 2 N–H and O–H groups in total.